The Morgan fingerprint density at radius 3 is 2.92 bits per heavy atom. The van der Waals surface area contributed by atoms with Crippen molar-refractivity contribution in [3.8, 4) is 0 Å². The van der Waals surface area contributed by atoms with Crippen LogP contribution < -0.4 is 0 Å². The summed E-state index contributed by atoms with van der Waals surface area (Å²) >= 11 is 0. The molecule has 0 spiro atoms. The molecule has 3 heteroatoms. The van der Waals surface area contributed by atoms with Gasteiger partial charge in [-0.05, 0) is 25.5 Å². The number of hydrogen-bond donors (Lipinski definition) is 0. The Bertz CT molecular complexity index is 278. The first-order chi connectivity index (χ1) is 6.24. The van der Waals surface area contributed by atoms with E-state index in [1.807, 2.05) is 36.9 Å². The molecule has 0 unspecified atom stereocenters. The van der Waals surface area contributed by atoms with Gasteiger partial charge in [-0.15, -0.1) is 0 Å². The maximum atomic E-state index is 11.0. The van der Waals surface area contributed by atoms with Gasteiger partial charge in [-0.2, -0.15) is 0 Å². The number of ether oxygens (including phenoxy) is 1. The van der Waals surface area contributed by atoms with Crippen molar-refractivity contribution >= 4 is 5.97 Å². The first kappa shape index (κ1) is 9.84. The van der Waals surface area contributed by atoms with Gasteiger partial charge in [-0.25, -0.2) is 0 Å². The second kappa shape index (κ2) is 4.70. The number of carbonyl (C=O) groups is 1. The molecule has 0 aliphatic carbocycles. The lowest BCUT2D eigenvalue weighted by Gasteiger charge is -2.02. The zero-order valence-electron chi connectivity index (χ0n) is 8.12. The van der Waals surface area contributed by atoms with Crippen LogP contribution in [0.15, 0.2) is 18.3 Å². The number of hydrogen-bond acceptors (Lipinski definition) is 2. The molecule has 1 heterocycles. The lowest BCUT2D eigenvalue weighted by Crippen LogP contribution is -2.06. The average Bonchev–Trinajstić information content (AvgIpc) is 2.48. The van der Waals surface area contributed by atoms with E-state index in [0.717, 1.165) is 12.1 Å². The van der Waals surface area contributed by atoms with Gasteiger partial charge >= 0.3 is 5.97 Å². The normalized spacial score (nSPS) is 10.0. The van der Waals surface area contributed by atoms with E-state index in [1.54, 1.807) is 0 Å². The van der Waals surface area contributed by atoms with Crippen molar-refractivity contribution in [2.45, 2.75) is 19.8 Å². The van der Waals surface area contributed by atoms with E-state index in [4.69, 9.17) is 4.74 Å². The summed E-state index contributed by atoms with van der Waals surface area (Å²) in [6.45, 7) is 2.28. The van der Waals surface area contributed by atoms with E-state index in [-0.39, 0.29) is 5.97 Å². The fourth-order valence-electron chi connectivity index (χ4n) is 1.22. The highest BCUT2D eigenvalue weighted by Crippen LogP contribution is 2.03. The third-order valence-corrected chi connectivity index (χ3v) is 1.94. The quantitative estimate of drug-likeness (QED) is 0.659. The van der Waals surface area contributed by atoms with E-state index in [9.17, 15) is 4.79 Å². The van der Waals surface area contributed by atoms with Crippen LogP contribution in [0.1, 0.15) is 19.0 Å². The van der Waals surface area contributed by atoms with Crippen LogP contribution in [-0.2, 0) is 23.0 Å². The molecule has 1 rings (SSSR count). The Balaban J connectivity index is 2.35. The van der Waals surface area contributed by atoms with E-state index >= 15 is 0 Å². The van der Waals surface area contributed by atoms with Crippen molar-refractivity contribution in [3.63, 3.8) is 0 Å². The highest BCUT2D eigenvalue weighted by molar-refractivity contribution is 5.69. The average molecular weight is 181 g/mol. The van der Waals surface area contributed by atoms with Crippen molar-refractivity contribution in [2.24, 2.45) is 7.05 Å². The molecule has 0 radical (unpaired) electrons. The molecule has 0 saturated carbocycles. The van der Waals surface area contributed by atoms with Gasteiger partial charge in [0.25, 0.3) is 0 Å². The van der Waals surface area contributed by atoms with Crippen LogP contribution in [0.4, 0.5) is 0 Å². The summed E-state index contributed by atoms with van der Waals surface area (Å²) in [5.41, 5.74) is 1.16. The standard InChI is InChI=1S/C10H15NO2/c1-3-13-10(12)7-6-9-5-4-8-11(9)2/h4-5,8H,3,6-7H2,1-2H3. The first-order valence-corrected chi connectivity index (χ1v) is 4.50. The number of carbonyl (C=O) groups excluding carboxylic acids is 1. The Labute approximate surface area is 78.3 Å². The van der Waals surface area contributed by atoms with Crippen LogP contribution in [0.25, 0.3) is 0 Å². The molecule has 0 N–H and O–H groups in total. The Morgan fingerprint density at radius 1 is 1.62 bits per heavy atom. The molecule has 0 saturated heterocycles. The molecule has 0 fully saturated rings. The molecule has 1 aromatic heterocycles. The molecule has 0 amide bonds. The zero-order chi connectivity index (χ0) is 9.68. The van der Waals surface area contributed by atoms with Crippen molar-refractivity contribution in [1.29, 1.82) is 0 Å². The van der Waals surface area contributed by atoms with Crippen LogP contribution in [-0.4, -0.2) is 17.1 Å². The second-order valence-corrected chi connectivity index (χ2v) is 2.92. The smallest absolute Gasteiger partial charge is 0.306 e. The summed E-state index contributed by atoms with van der Waals surface area (Å²) in [5.74, 6) is -0.122. The molecule has 0 aromatic carbocycles. The van der Waals surface area contributed by atoms with E-state index < -0.39 is 0 Å². The monoisotopic (exact) mass is 181 g/mol. The van der Waals surface area contributed by atoms with Gasteiger partial charge in [0.15, 0.2) is 0 Å². The van der Waals surface area contributed by atoms with Gasteiger partial charge in [0, 0.05) is 18.9 Å². The molecule has 0 bridgehead atoms. The van der Waals surface area contributed by atoms with E-state index in [0.29, 0.717) is 13.0 Å². The van der Waals surface area contributed by atoms with E-state index in [2.05, 4.69) is 0 Å². The third kappa shape index (κ3) is 2.93. The van der Waals surface area contributed by atoms with Crippen molar-refractivity contribution in [1.82, 2.24) is 4.57 Å². The van der Waals surface area contributed by atoms with Gasteiger partial charge in [0.2, 0.25) is 0 Å². The topological polar surface area (TPSA) is 31.2 Å². The van der Waals surface area contributed by atoms with Crippen molar-refractivity contribution in [3.05, 3.63) is 24.0 Å². The molecule has 13 heavy (non-hydrogen) atoms. The predicted molar refractivity (Wildman–Crippen MR) is 50.4 cm³/mol. The molecule has 0 atom stereocenters. The molecule has 0 aliphatic rings. The number of rotatable bonds is 4. The van der Waals surface area contributed by atoms with Gasteiger partial charge in [-0.1, -0.05) is 0 Å². The SMILES string of the molecule is CCOC(=O)CCc1cccn1C. The highest BCUT2D eigenvalue weighted by Gasteiger charge is 2.03. The van der Waals surface area contributed by atoms with Crippen LogP contribution >= 0.6 is 0 Å². The molecular formula is C10H15NO2. The molecule has 3 nitrogen and oxygen atoms in total. The van der Waals surface area contributed by atoms with Crippen molar-refractivity contribution < 1.29 is 9.53 Å². The summed E-state index contributed by atoms with van der Waals surface area (Å²) < 4.78 is 6.84. The predicted octanol–water partition coefficient (Wildman–Crippen LogP) is 1.52. The van der Waals surface area contributed by atoms with Crippen LogP contribution in [0.3, 0.4) is 0 Å². The Morgan fingerprint density at radius 2 is 2.38 bits per heavy atom. The second-order valence-electron chi connectivity index (χ2n) is 2.92. The molecule has 72 valence electrons. The first-order valence-electron chi connectivity index (χ1n) is 4.50. The number of esters is 1. The number of aromatic nitrogens is 1. The fourth-order valence-corrected chi connectivity index (χ4v) is 1.22. The lowest BCUT2D eigenvalue weighted by molar-refractivity contribution is -0.143. The maximum absolute atomic E-state index is 11.0. The summed E-state index contributed by atoms with van der Waals surface area (Å²) in [7, 11) is 1.97. The van der Waals surface area contributed by atoms with Gasteiger partial charge in [0.05, 0.1) is 13.0 Å². The minimum absolute atomic E-state index is 0.122. The van der Waals surface area contributed by atoms with Crippen LogP contribution in [0.5, 0.6) is 0 Å². The third-order valence-electron chi connectivity index (χ3n) is 1.94. The summed E-state index contributed by atoms with van der Waals surface area (Å²) in [6, 6.07) is 3.99. The summed E-state index contributed by atoms with van der Waals surface area (Å²) in [5, 5.41) is 0. The Kier molecular flexibility index (Phi) is 3.55. The van der Waals surface area contributed by atoms with Crippen molar-refractivity contribution in [2.75, 3.05) is 6.61 Å². The van der Waals surface area contributed by atoms with Gasteiger partial charge in [-0.3, -0.25) is 4.79 Å². The molecule has 0 aliphatic heterocycles. The molecule has 1 aromatic rings. The zero-order valence-corrected chi connectivity index (χ0v) is 8.12. The summed E-state index contributed by atoms with van der Waals surface area (Å²) in [4.78, 5) is 11.0. The lowest BCUT2D eigenvalue weighted by atomic mass is 10.2. The van der Waals surface area contributed by atoms with Crippen LogP contribution in [0.2, 0.25) is 0 Å². The molecular weight excluding hydrogens is 166 g/mol. The van der Waals surface area contributed by atoms with Gasteiger partial charge in [0.1, 0.15) is 0 Å². The Hall–Kier alpha value is -1.25. The van der Waals surface area contributed by atoms with Crippen LogP contribution in [0, 0.1) is 0 Å². The maximum Gasteiger partial charge on any atom is 0.306 e. The number of nitrogens with zero attached hydrogens (tertiary/aromatic N) is 1. The van der Waals surface area contributed by atoms with E-state index in [1.165, 1.54) is 0 Å². The number of aryl methyl sites for hydroxylation is 2. The largest absolute Gasteiger partial charge is 0.466 e. The fraction of sp³-hybridized carbons (Fsp3) is 0.500. The summed E-state index contributed by atoms with van der Waals surface area (Å²) in [6.07, 6.45) is 3.19. The minimum Gasteiger partial charge on any atom is -0.466 e. The van der Waals surface area contributed by atoms with Gasteiger partial charge < -0.3 is 9.30 Å². The minimum atomic E-state index is -0.122. The highest BCUT2D eigenvalue weighted by atomic mass is 16.5.